The van der Waals surface area contributed by atoms with E-state index in [0.29, 0.717) is 0 Å². The molecule has 1 heterocycles. The minimum atomic E-state index is 0.727. The molecule has 5 aliphatic rings. The maximum atomic E-state index is 3.86. The van der Waals surface area contributed by atoms with Crippen LogP contribution in [0, 0.1) is 23.2 Å². The fourth-order valence-electron chi connectivity index (χ4n) is 6.81. The van der Waals surface area contributed by atoms with Gasteiger partial charge in [0.15, 0.2) is 0 Å². The molecule has 0 spiro atoms. The van der Waals surface area contributed by atoms with E-state index >= 15 is 0 Å². The number of likely N-dealkylation sites (tertiary alicyclic amines) is 1. The highest BCUT2D eigenvalue weighted by Crippen LogP contribution is 2.59. The molecule has 4 aliphatic carbocycles. The number of unbranched alkanes of at least 4 members (excludes halogenated alkanes) is 3. The number of hydrogen-bond acceptors (Lipinski definition) is 2. The first-order valence-corrected chi connectivity index (χ1v) is 10.7. The van der Waals surface area contributed by atoms with E-state index in [2.05, 4.69) is 10.2 Å². The summed E-state index contributed by atoms with van der Waals surface area (Å²) in [7, 11) is 0. The van der Waals surface area contributed by atoms with E-state index in [0.717, 1.165) is 23.2 Å². The third-order valence-electron chi connectivity index (χ3n) is 7.44. The van der Waals surface area contributed by atoms with Gasteiger partial charge in [0.25, 0.3) is 0 Å². The standard InChI is InChI=1S/C21H38N2/c1(2-4-8-23-9-5-6-10-23)3-7-22-17-21-14-18-11-19(15-21)13-20(12-18)16-21/h18-20,22H,1-17H2. The lowest BCUT2D eigenvalue weighted by atomic mass is 9.49. The van der Waals surface area contributed by atoms with Crippen LogP contribution in [0.25, 0.3) is 0 Å². The molecule has 1 saturated heterocycles. The van der Waals surface area contributed by atoms with Crippen molar-refractivity contribution in [2.75, 3.05) is 32.7 Å². The van der Waals surface area contributed by atoms with Crippen molar-refractivity contribution in [2.24, 2.45) is 23.2 Å². The van der Waals surface area contributed by atoms with Gasteiger partial charge < -0.3 is 10.2 Å². The molecule has 0 unspecified atom stereocenters. The highest BCUT2D eigenvalue weighted by Gasteiger charge is 2.50. The van der Waals surface area contributed by atoms with Crippen LogP contribution >= 0.6 is 0 Å². The van der Waals surface area contributed by atoms with E-state index in [4.69, 9.17) is 0 Å². The van der Waals surface area contributed by atoms with Crippen molar-refractivity contribution in [1.29, 1.82) is 0 Å². The Balaban J connectivity index is 1.06. The summed E-state index contributed by atoms with van der Waals surface area (Å²) >= 11 is 0. The van der Waals surface area contributed by atoms with Gasteiger partial charge in [-0.05, 0) is 114 Å². The summed E-state index contributed by atoms with van der Waals surface area (Å²) in [5.41, 5.74) is 0.727. The summed E-state index contributed by atoms with van der Waals surface area (Å²) in [5, 5.41) is 3.86. The predicted molar refractivity (Wildman–Crippen MR) is 97.6 cm³/mol. The number of rotatable bonds is 9. The third kappa shape index (κ3) is 4.12. The average molecular weight is 319 g/mol. The van der Waals surface area contributed by atoms with E-state index in [1.165, 1.54) is 71.2 Å². The van der Waals surface area contributed by atoms with Gasteiger partial charge in [-0.25, -0.2) is 0 Å². The van der Waals surface area contributed by atoms with Gasteiger partial charge in [0.2, 0.25) is 0 Å². The molecule has 0 aromatic heterocycles. The van der Waals surface area contributed by atoms with Gasteiger partial charge in [0.1, 0.15) is 0 Å². The largest absolute Gasteiger partial charge is 0.316 e. The molecule has 4 saturated carbocycles. The molecular formula is C21H38N2. The van der Waals surface area contributed by atoms with Gasteiger partial charge in [-0.15, -0.1) is 0 Å². The second-order valence-corrected chi connectivity index (χ2v) is 9.56. The molecular weight excluding hydrogens is 280 g/mol. The molecule has 1 aliphatic heterocycles. The van der Waals surface area contributed by atoms with Crippen LogP contribution in [0.5, 0.6) is 0 Å². The summed E-state index contributed by atoms with van der Waals surface area (Å²) in [6, 6.07) is 0. The predicted octanol–water partition coefficient (Wildman–Crippen LogP) is 4.45. The Hall–Kier alpha value is -0.0800. The van der Waals surface area contributed by atoms with Crippen LogP contribution in [0.15, 0.2) is 0 Å². The van der Waals surface area contributed by atoms with Crippen molar-refractivity contribution in [3.63, 3.8) is 0 Å². The van der Waals surface area contributed by atoms with E-state index in [1.807, 2.05) is 0 Å². The van der Waals surface area contributed by atoms with Crippen LogP contribution in [-0.4, -0.2) is 37.6 Å². The quantitative estimate of drug-likeness (QED) is 0.632. The van der Waals surface area contributed by atoms with Crippen LogP contribution < -0.4 is 5.32 Å². The number of hydrogen-bond donors (Lipinski definition) is 1. The van der Waals surface area contributed by atoms with Gasteiger partial charge >= 0.3 is 0 Å². The number of nitrogens with one attached hydrogen (secondary N) is 1. The molecule has 0 radical (unpaired) electrons. The molecule has 4 bridgehead atoms. The monoisotopic (exact) mass is 318 g/mol. The first-order chi connectivity index (χ1) is 11.3. The third-order valence-corrected chi connectivity index (χ3v) is 7.44. The van der Waals surface area contributed by atoms with Crippen molar-refractivity contribution >= 4 is 0 Å². The van der Waals surface area contributed by atoms with Crippen LogP contribution in [0.3, 0.4) is 0 Å². The fourth-order valence-corrected chi connectivity index (χ4v) is 6.81. The highest BCUT2D eigenvalue weighted by molar-refractivity contribution is 5.02. The van der Waals surface area contributed by atoms with Gasteiger partial charge in [-0.1, -0.05) is 12.8 Å². The zero-order valence-electron chi connectivity index (χ0n) is 15.2. The summed E-state index contributed by atoms with van der Waals surface area (Å²) in [5.74, 6) is 3.32. The minimum absolute atomic E-state index is 0.727. The van der Waals surface area contributed by atoms with Gasteiger partial charge in [-0.2, -0.15) is 0 Å². The summed E-state index contributed by atoms with van der Waals surface area (Å²) < 4.78 is 0. The second kappa shape index (κ2) is 7.44. The Labute approximate surface area is 143 Å². The molecule has 5 fully saturated rings. The Kier molecular flexibility index (Phi) is 5.30. The lowest BCUT2D eigenvalue weighted by Crippen LogP contribution is -2.50. The average Bonchev–Trinajstić information content (AvgIpc) is 3.02. The fraction of sp³-hybridized carbons (Fsp3) is 1.00. The van der Waals surface area contributed by atoms with Crippen molar-refractivity contribution < 1.29 is 0 Å². The first-order valence-electron chi connectivity index (χ1n) is 10.7. The van der Waals surface area contributed by atoms with Crippen molar-refractivity contribution in [3.05, 3.63) is 0 Å². The van der Waals surface area contributed by atoms with Crippen molar-refractivity contribution in [2.45, 2.75) is 77.0 Å². The Morgan fingerprint density at radius 2 is 1.39 bits per heavy atom. The summed E-state index contributed by atoms with van der Waals surface area (Å²) in [6.45, 7) is 6.70. The van der Waals surface area contributed by atoms with Gasteiger partial charge in [0.05, 0.1) is 0 Å². The molecule has 0 amide bonds. The minimum Gasteiger partial charge on any atom is -0.316 e. The highest BCUT2D eigenvalue weighted by atomic mass is 15.1. The Morgan fingerprint density at radius 3 is 2.04 bits per heavy atom. The second-order valence-electron chi connectivity index (χ2n) is 9.56. The van der Waals surface area contributed by atoms with Crippen LogP contribution in [0.4, 0.5) is 0 Å². The van der Waals surface area contributed by atoms with E-state index in [-0.39, 0.29) is 0 Å². The maximum absolute atomic E-state index is 3.86. The zero-order chi connectivity index (χ0) is 15.5. The normalized spacial score (nSPS) is 39.4. The van der Waals surface area contributed by atoms with Crippen LogP contribution in [0.2, 0.25) is 0 Å². The number of nitrogens with zero attached hydrogens (tertiary/aromatic N) is 1. The van der Waals surface area contributed by atoms with Crippen molar-refractivity contribution in [3.8, 4) is 0 Å². The Morgan fingerprint density at radius 1 is 0.783 bits per heavy atom. The van der Waals surface area contributed by atoms with E-state index in [1.54, 1.807) is 38.5 Å². The van der Waals surface area contributed by atoms with E-state index < -0.39 is 0 Å². The summed E-state index contributed by atoms with van der Waals surface area (Å²) in [6.07, 6.45) is 18.0. The molecule has 5 rings (SSSR count). The van der Waals surface area contributed by atoms with Crippen LogP contribution in [0.1, 0.15) is 77.0 Å². The molecule has 2 nitrogen and oxygen atoms in total. The molecule has 0 aromatic rings. The Bertz CT molecular complexity index is 337. The van der Waals surface area contributed by atoms with Gasteiger partial charge in [0, 0.05) is 6.54 Å². The zero-order valence-corrected chi connectivity index (χ0v) is 15.2. The van der Waals surface area contributed by atoms with E-state index in [9.17, 15) is 0 Å². The SMILES string of the molecule is C(CCCN1CCCC1)CCNCC12CC3CC(CC(C3)C1)C2. The van der Waals surface area contributed by atoms with Crippen LogP contribution in [-0.2, 0) is 0 Å². The molecule has 0 atom stereocenters. The lowest BCUT2D eigenvalue weighted by Gasteiger charge is -2.57. The first kappa shape index (κ1) is 16.4. The lowest BCUT2D eigenvalue weighted by molar-refractivity contribution is -0.0512. The summed E-state index contributed by atoms with van der Waals surface area (Å²) in [4.78, 5) is 2.66. The maximum Gasteiger partial charge on any atom is 0.000811 e. The molecule has 1 N–H and O–H groups in total. The topological polar surface area (TPSA) is 15.3 Å². The van der Waals surface area contributed by atoms with Gasteiger partial charge in [-0.3, -0.25) is 0 Å². The molecule has 2 heteroatoms. The molecule has 23 heavy (non-hydrogen) atoms. The molecule has 0 aromatic carbocycles. The smallest absolute Gasteiger partial charge is 0.000811 e. The van der Waals surface area contributed by atoms with Crippen molar-refractivity contribution in [1.82, 2.24) is 10.2 Å². The molecule has 132 valence electrons.